The molecule has 0 aromatic heterocycles. The summed E-state index contributed by atoms with van der Waals surface area (Å²) in [6.45, 7) is 3.59. The van der Waals surface area contributed by atoms with E-state index in [9.17, 15) is 4.79 Å². The van der Waals surface area contributed by atoms with Crippen molar-refractivity contribution in [2.24, 2.45) is 5.92 Å². The van der Waals surface area contributed by atoms with E-state index in [-0.39, 0.29) is 12.0 Å². The molecule has 2 N–H and O–H groups in total. The number of aliphatic carboxylic acids is 1. The number of hydrogen-bond donors (Lipinski definition) is 2. The van der Waals surface area contributed by atoms with E-state index in [0.717, 1.165) is 22.6 Å². The lowest BCUT2D eigenvalue weighted by molar-refractivity contribution is -0.141. The Kier molecular flexibility index (Phi) is 3.06. The minimum Gasteiger partial charge on any atom is -0.486 e. The molecule has 5 heteroatoms. The number of aryl methyl sites for hydroxylation is 1. The fourth-order valence-corrected chi connectivity index (χ4v) is 2.73. The maximum Gasteiger partial charge on any atom is 0.307 e. The normalized spacial score (nSPS) is 25.3. The van der Waals surface area contributed by atoms with Gasteiger partial charge in [0.15, 0.2) is 11.5 Å². The first-order chi connectivity index (χ1) is 9.16. The topological polar surface area (TPSA) is 67.8 Å². The predicted molar refractivity (Wildman–Crippen MR) is 68.7 cm³/mol. The zero-order valence-corrected chi connectivity index (χ0v) is 10.8. The van der Waals surface area contributed by atoms with Gasteiger partial charge in [0.1, 0.15) is 13.2 Å². The van der Waals surface area contributed by atoms with E-state index in [2.05, 4.69) is 5.32 Å². The van der Waals surface area contributed by atoms with Gasteiger partial charge < -0.3 is 19.9 Å². The van der Waals surface area contributed by atoms with Gasteiger partial charge in [-0.1, -0.05) is 12.1 Å². The zero-order chi connectivity index (χ0) is 13.4. The van der Waals surface area contributed by atoms with Gasteiger partial charge in [0.25, 0.3) is 0 Å². The van der Waals surface area contributed by atoms with Crippen molar-refractivity contribution in [3.05, 3.63) is 23.3 Å². The zero-order valence-electron chi connectivity index (χ0n) is 10.8. The van der Waals surface area contributed by atoms with E-state index in [1.54, 1.807) is 0 Å². The predicted octanol–water partition coefficient (Wildman–Crippen LogP) is 1.50. The number of fused-ring (bicyclic) bond motifs is 1. The molecule has 0 bridgehead atoms. The van der Waals surface area contributed by atoms with Gasteiger partial charge in [-0.05, 0) is 18.9 Å². The summed E-state index contributed by atoms with van der Waals surface area (Å²) in [5.41, 5.74) is 2.05. The van der Waals surface area contributed by atoms with Gasteiger partial charge in [0, 0.05) is 18.2 Å². The minimum absolute atomic E-state index is 0.0251. The summed E-state index contributed by atoms with van der Waals surface area (Å²) in [6, 6.07) is 4.03. The Morgan fingerprint density at radius 2 is 2.05 bits per heavy atom. The van der Waals surface area contributed by atoms with Crippen molar-refractivity contribution in [3.63, 3.8) is 0 Å². The number of nitrogens with one attached hydrogen (secondary N) is 1. The summed E-state index contributed by atoms with van der Waals surface area (Å²) in [6.07, 6.45) is 0.591. The summed E-state index contributed by atoms with van der Waals surface area (Å²) in [5, 5.41) is 12.3. The summed E-state index contributed by atoms with van der Waals surface area (Å²) in [5.74, 6) is 0.499. The van der Waals surface area contributed by atoms with Crippen molar-refractivity contribution in [1.82, 2.24) is 5.32 Å². The highest BCUT2D eigenvalue weighted by Gasteiger charge is 2.33. The second kappa shape index (κ2) is 4.74. The van der Waals surface area contributed by atoms with Crippen LogP contribution in [-0.4, -0.2) is 30.8 Å². The molecule has 102 valence electrons. The largest absolute Gasteiger partial charge is 0.486 e. The molecule has 2 aliphatic heterocycles. The van der Waals surface area contributed by atoms with Gasteiger partial charge in [-0.25, -0.2) is 0 Å². The van der Waals surface area contributed by atoms with Crippen LogP contribution >= 0.6 is 0 Å². The van der Waals surface area contributed by atoms with Crippen molar-refractivity contribution >= 4 is 5.97 Å². The first-order valence-electron chi connectivity index (χ1n) is 6.52. The molecular weight excluding hydrogens is 246 g/mol. The number of rotatable bonds is 2. The van der Waals surface area contributed by atoms with Crippen LogP contribution in [0.25, 0.3) is 0 Å². The Bertz CT molecular complexity index is 514. The summed E-state index contributed by atoms with van der Waals surface area (Å²) in [4.78, 5) is 11.0. The Labute approximate surface area is 111 Å². The van der Waals surface area contributed by atoms with Gasteiger partial charge >= 0.3 is 5.97 Å². The van der Waals surface area contributed by atoms with Gasteiger partial charge in [-0.3, -0.25) is 4.79 Å². The molecule has 1 fully saturated rings. The summed E-state index contributed by atoms with van der Waals surface area (Å²) < 4.78 is 11.4. The molecule has 2 aliphatic rings. The number of carbonyl (C=O) groups is 1. The number of hydrogen-bond acceptors (Lipinski definition) is 4. The van der Waals surface area contributed by atoms with Crippen molar-refractivity contribution in [1.29, 1.82) is 0 Å². The second-order valence-corrected chi connectivity index (χ2v) is 5.06. The first kappa shape index (κ1) is 12.3. The molecule has 0 aliphatic carbocycles. The summed E-state index contributed by atoms with van der Waals surface area (Å²) in [7, 11) is 0. The highest BCUT2D eigenvalue weighted by atomic mass is 16.6. The van der Waals surface area contributed by atoms with Crippen molar-refractivity contribution in [2.45, 2.75) is 19.4 Å². The average molecular weight is 263 g/mol. The maximum atomic E-state index is 11.0. The monoisotopic (exact) mass is 263 g/mol. The van der Waals surface area contributed by atoms with Gasteiger partial charge in [-0.15, -0.1) is 0 Å². The third-order valence-electron chi connectivity index (χ3n) is 3.77. The van der Waals surface area contributed by atoms with Gasteiger partial charge in [0.2, 0.25) is 0 Å². The highest BCUT2D eigenvalue weighted by Crippen LogP contribution is 2.42. The quantitative estimate of drug-likeness (QED) is 0.846. The van der Waals surface area contributed by atoms with Gasteiger partial charge in [0.05, 0.1) is 5.92 Å². The maximum absolute atomic E-state index is 11.0. The van der Waals surface area contributed by atoms with E-state index in [0.29, 0.717) is 26.2 Å². The van der Waals surface area contributed by atoms with Crippen LogP contribution in [0.2, 0.25) is 0 Å². The third kappa shape index (κ3) is 2.14. The number of ether oxygens (including phenoxy) is 2. The summed E-state index contributed by atoms with van der Waals surface area (Å²) >= 11 is 0. The molecule has 5 nitrogen and oxygen atoms in total. The number of benzene rings is 1. The van der Waals surface area contributed by atoms with Crippen LogP contribution in [-0.2, 0) is 4.79 Å². The van der Waals surface area contributed by atoms with Crippen LogP contribution < -0.4 is 14.8 Å². The number of carboxylic acids is 1. The molecule has 1 saturated heterocycles. The smallest absolute Gasteiger partial charge is 0.307 e. The van der Waals surface area contributed by atoms with Crippen LogP contribution in [0.4, 0.5) is 0 Å². The van der Waals surface area contributed by atoms with E-state index < -0.39 is 5.97 Å². The van der Waals surface area contributed by atoms with Crippen molar-refractivity contribution in [2.75, 3.05) is 19.8 Å². The Morgan fingerprint density at radius 1 is 1.32 bits per heavy atom. The fraction of sp³-hybridized carbons (Fsp3) is 0.500. The molecule has 2 heterocycles. The molecule has 19 heavy (non-hydrogen) atoms. The molecule has 1 aromatic rings. The van der Waals surface area contributed by atoms with Crippen molar-refractivity contribution < 1.29 is 19.4 Å². The lowest BCUT2D eigenvalue weighted by atomic mass is 9.97. The SMILES string of the molecule is Cc1ccc(C2CC(C(=O)O)CN2)c2c1OCCO2. The average Bonchev–Trinajstić information content (AvgIpc) is 2.89. The number of carboxylic acid groups (broad SMARTS) is 1. The van der Waals surface area contributed by atoms with Gasteiger partial charge in [-0.2, -0.15) is 0 Å². The van der Waals surface area contributed by atoms with E-state index >= 15 is 0 Å². The Balaban J connectivity index is 1.92. The van der Waals surface area contributed by atoms with E-state index in [4.69, 9.17) is 14.6 Å². The van der Waals surface area contributed by atoms with E-state index in [1.165, 1.54) is 0 Å². The fourth-order valence-electron chi connectivity index (χ4n) is 2.73. The molecular formula is C14H17NO4. The molecule has 0 saturated carbocycles. The molecule has 0 radical (unpaired) electrons. The van der Waals surface area contributed by atoms with Crippen LogP contribution in [0.15, 0.2) is 12.1 Å². The Hall–Kier alpha value is -1.75. The molecule has 2 unspecified atom stereocenters. The minimum atomic E-state index is -0.742. The molecule has 3 rings (SSSR count). The first-order valence-corrected chi connectivity index (χ1v) is 6.52. The van der Waals surface area contributed by atoms with Crippen LogP contribution in [0.3, 0.4) is 0 Å². The van der Waals surface area contributed by atoms with Crippen molar-refractivity contribution in [3.8, 4) is 11.5 Å². The lowest BCUT2D eigenvalue weighted by Gasteiger charge is -2.25. The van der Waals surface area contributed by atoms with E-state index in [1.807, 2.05) is 19.1 Å². The molecule has 0 spiro atoms. The highest BCUT2D eigenvalue weighted by molar-refractivity contribution is 5.71. The second-order valence-electron chi connectivity index (χ2n) is 5.06. The lowest BCUT2D eigenvalue weighted by Crippen LogP contribution is -2.21. The standard InChI is InChI=1S/C14H17NO4/c1-8-2-3-10(13-12(8)18-4-5-19-13)11-6-9(7-15-11)14(16)17/h2-3,9,11,15H,4-7H2,1H3,(H,16,17). The van der Waals surface area contributed by atoms with Crippen LogP contribution in [0, 0.1) is 12.8 Å². The van der Waals surface area contributed by atoms with Crippen LogP contribution in [0.1, 0.15) is 23.6 Å². The molecule has 1 aromatic carbocycles. The molecule has 2 atom stereocenters. The molecule has 0 amide bonds. The van der Waals surface area contributed by atoms with Crippen LogP contribution in [0.5, 0.6) is 11.5 Å². The Morgan fingerprint density at radius 3 is 2.74 bits per heavy atom. The third-order valence-corrected chi connectivity index (χ3v) is 3.77.